The molecule has 0 fully saturated rings. The van der Waals surface area contributed by atoms with E-state index in [2.05, 4.69) is 48.8 Å². The van der Waals surface area contributed by atoms with E-state index < -0.39 is 38.6 Å². The van der Waals surface area contributed by atoms with Crippen molar-refractivity contribution in [1.29, 1.82) is 0 Å². The molecule has 0 aromatic heterocycles. The molecule has 0 bridgehead atoms. The number of aliphatic hydroxyl groups excluding tert-OH is 1. The second kappa shape index (κ2) is 35.8. The van der Waals surface area contributed by atoms with Gasteiger partial charge in [0.15, 0.2) is 6.10 Å². The molecule has 0 spiro atoms. The Morgan fingerprint density at radius 2 is 1.14 bits per heavy atom. The van der Waals surface area contributed by atoms with Crippen molar-refractivity contribution in [2.24, 2.45) is 0 Å². The molecule has 0 aliphatic heterocycles. The zero-order valence-corrected chi connectivity index (χ0v) is 32.5. The molecule has 0 amide bonds. The highest BCUT2D eigenvalue weighted by Gasteiger charge is 2.22. The first kappa shape index (κ1) is 48.5. The molecule has 292 valence electrons. The van der Waals surface area contributed by atoms with Gasteiger partial charge in [-0.05, 0) is 77.0 Å². The van der Waals surface area contributed by atoms with E-state index in [0.717, 1.165) is 51.4 Å². The SMILES string of the molecule is CCCCC/C=C\C=C/[C@H](O)C/C=C\C/C=C/CCCC(=O)O[C@H](COC(=O)CCCCCCC/C=C\C/C=C\CCCCC)COP(=O)(O)O. The molecule has 0 aliphatic carbocycles. The predicted octanol–water partition coefficient (Wildman–Crippen LogP) is 10.5. The Morgan fingerprint density at radius 1 is 0.608 bits per heavy atom. The van der Waals surface area contributed by atoms with Crippen LogP contribution in [0.2, 0.25) is 0 Å². The van der Waals surface area contributed by atoms with Crippen molar-refractivity contribution in [3.63, 3.8) is 0 Å². The molecule has 0 aliphatic rings. The van der Waals surface area contributed by atoms with E-state index in [1.807, 2.05) is 36.5 Å². The number of rotatable bonds is 34. The molecular weight excluding hydrogens is 667 g/mol. The van der Waals surface area contributed by atoms with Crippen LogP contribution in [-0.2, 0) is 28.2 Å². The zero-order valence-electron chi connectivity index (χ0n) is 31.6. The quantitative estimate of drug-likeness (QED) is 0.0194. The molecular formula is C41H69O9P. The Morgan fingerprint density at radius 3 is 1.76 bits per heavy atom. The van der Waals surface area contributed by atoms with Crippen molar-refractivity contribution in [2.75, 3.05) is 13.2 Å². The standard InChI is InChI=1S/C41H69O9P/c1-3-5-7-9-11-12-13-14-15-16-17-18-22-26-30-34-40(43)48-36-39(37-49-51(45,46)47)50-41(44)35-31-27-23-19-21-25-29-33-38(42)32-28-24-20-10-8-6-4-2/h11-12,14-15,19-20,23-25,28-29,32,38-39,42H,3-10,13,16-18,21-22,26-27,30-31,33-37H2,1-2H3,(H2,45,46,47)/b12-11-,15-14-,23-19+,24-20-,29-25-,32-28-/t38-,39+/m0/s1. The second-order valence-electron chi connectivity index (χ2n) is 12.7. The number of ether oxygens (including phenoxy) is 2. The smallest absolute Gasteiger partial charge is 0.462 e. The van der Waals surface area contributed by atoms with Crippen LogP contribution in [0, 0.1) is 0 Å². The molecule has 0 aromatic carbocycles. The normalized spacial score (nSPS) is 13.9. The molecule has 3 N–H and O–H groups in total. The maximum Gasteiger partial charge on any atom is 0.469 e. The van der Waals surface area contributed by atoms with Crippen LogP contribution in [0.5, 0.6) is 0 Å². The Kier molecular flexibility index (Phi) is 34.0. The summed E-state index contributed by atoms with van der Waals surface area (Å²) < 4.78 is 26.2. The molecule has 0 unspecified atom stereocenters. The highest BCUT2D eigenvalue weighted by Crippen LogP contribution is 2.36. The van der Waals surface area contributed by atoms with E-state index in [0.29, 0.717) is 32.1 Å². The molecule has 0 saturated carbocycles. The highest BCUT2D eigenvalue weighted by atomic mass is 31.2. The van der Waals surface area contributed by atoms with Gasteiger partial charge < -0.3 is 24.4 Å². The number of carbonyl (C=O) groups is 2. The van der Waals surface area contributed by atoms with Gasteiger partial charge >= 0.3 is 19.8 Å². The Hall–Kier alpha value is -2.55. The monoisotopic (exact) mass is 736 g/mol. The van der Waals surface area contributed by atoms with Gasteiger partial charge in [-0.3, -0.25) is 14.1 Å². The van der Waals surface area contributed by atoms with Crippen LogP contribution in [0.3, 0.4) is 0 Å². The van der Waals surface area contributed by atoms with E-state index in [-0.39, 0.29) is 19.4 Å². The molecule has 9 nitrogen and oxygen atoms in total. The lowest BCUT2D eigenvalue weighted by atomic mass is 10.1. The first-order valence-electron chi connectivity index (χ1n) is 19.3. The van der Waals surface area contributed by atoms with Crippen molar-refractivity contribution >= 4 is 19.8 Å². The zero-order chi connectivity index (χ0) is 37.7. The van der Waals surface area contributed by atoms with Crippen LogP contribution in [-0.4, -0.2) is 52.3 Å². The number of carbonyl (C=O) groups excluding carboxylic acids is 2. The molecule has 0 aromatic rings. The number of hydrogen-bond acceptors (Lipinski definition) is 7. The van der Waals surface area contributed by atoms with Gasteiger partial charge in [-0.15, -0.1) is 0 Å². The lowest BCUT2D eigenvalue weighted by Crippen LogP contribution is -2.29. The number of hydrogen-bond donors (Lipinski definition) is 3. The lowest BCUT2D eigenvalue weighted by molar-refractivity contribution is -0.161. The summed E-state index contributed by atoms with van der Waals surface area (Å²) in [5, 5.41) is 10.0. The second-order valence-corrected chi connectivity index (χ2v) is 14.0. The van der Waals surface area contributed by atoms with Crippen molar-refractivity contribution in [2.45, 2.75) is 161 Å². The maximum atomic E-state index is 12.4. The van der Waals surface area contributed by atoms with Gasteiger partial charge in [-0.1, -0.05) is 132 Å². The van der Waals surface area contributed by atoms with Crippen LogP contribution in [0.1, 0.15) is 149 Å². The number of phosphoric ester groups is 1. The molecule has 2 atom stereocenters. The number of unbranched alkanes of at least 4 members (excludes halogenated alkanes) is 12. The largest absolute Gasteiger partial charge is 0.469 e. The fourth-order valence-corrected chi connectivity index (χ4v) is 5.19. The van der Waals surface area contributed by atoms with Gasteiger partial charge in [-0.25, -0.2) is 4.57 Å². The predicted molar refractivity (Wildman–Crippen MR) is 208 cm³/mol. The van der Waals surface area contributed by atoms with E-state index in [4.69, 9.17) is 19.3 Å². The van der Waals surface area contributed by atoms with E-state index in [1.54, 1.807) is 6.08 Å². The van der Waals surface area contributed by atoms with Gasteiger partial charge in [0, 0.05) is 12.8 Å². The van der Waals surface area contributed by atoms with Gasteiger partial charge in [0.1, 0.15) is 6.61 Å². The minimum Gasteiger partial charge on any atom is -0.462 e. The van der Waals surface area contributed by atoms with Gasteiger partial charge in [0.25, 0.3) is 0 Å². The minimum absolute atomic E-state index is 0.0953. The summed E-state index contributed by atoms with van der Waals surface area (Å²) in [6, 6.07) is 0. The Bertz CT molecular complexity index is 1070. The molecule has 51 heavy (non-hydrogen) atoms. The lowest BCUT2D eigenvalue weighted by Gasteiger charge is -2.18. The average Bonchev–Trinajstić information content (AvgIpc) is 3.09. The fraction of sp³-hybridized carbons (Fsp3) is 0.659. The summed E-state index contributed by atoms with van der Waals surface area (Å²) in [7, 11) is -4.79. The Balaban J connectivity index is 4.17. The first-order valence-corrected chi connectivity index (χ1v) is 20.9. The van der Waals surface area contributed by atoms with Gasteiger partial charge in [0.05, 0.1) is 12.7 Å². The van der Waals surface area contributed by atoms with Crippen LogP contribution in [0.25, 0.3) is 0 Å². The van der Waals surface area contributed by atoms with Gasteiger partial charge in [0.2, 0.25) is 0 Å². The topological polar surface area (TPSA) is 140 Å². The van der Waals surface area contributed by atoms with Crippen molar-refractivity contribution in [3.05, 3.63) is 72.9 Å². The van der Waals surface area contributed by atoms with E-state index in [1.165, 1.54) is 38.5 Å². The highest BCUT2D eigenvalue weighted by molar-refractivity contribution is 7.46. The van der Waals surface area contributed by atoms with E-state index >= 15 is 0 Å². The van der Waals surface area contributed by atoms with Crippen LogP contribution in [0.15, 0.2) is 72.9 Å². The number of aliphatic hydroxyl groups is 1. The summed E-state index contributed by atoms with van der Waals surface area (Å²) in [6.45, 7) is 3.48. The molecule has 0 radical (unpaired) electrons. The summed E-state index contributed by atoms with van der Waals surface area (Å²) in [5.41, 5.74) is 0. The minimum atomic E-state index is -4.79. The molecule has 10 heteroatoms. The maximum absolute atomic E-state index is 12.4. The average molecular weight is 737 g/mol. The fourth-order valence-electron chi connectivity index (χ4n) is 4.83. The molecule has 0 rings (SSSR count). The van der Waals surface area contributed by atoms with E-state index in [9.17, 15) is 19.3 Å². The third kappa shape index (κ3) is 38.5. The number of phosphoric acid groups is 1. The summed E-state index contributed by atoms with van der Waals surface area (Å²) in [4.78, 5) is 42.7. The van der Waals surface area contributed by atoms with Crippen LogP contribution >= 0.6 is 7.82 Å². The van der Waals surface area contributed by atoms with Crippen molar-refractivity contribution in [3.8, 4) is 0 Å². The summed E-state index contributed by atoms with van der Waals surface area (Å²) in [5.74, 6) is -1.02. The third-order valence-corrected chi connectivity index (χ3v) is 8.26. The van der Waals surface area contributed by atoms with Crippen LogP contribution in [0.4, 0.5) is 0 Å². The molecule has 0 heterocycles. The molecule has 0 saturated heterocycles. The third-order valence-electron chi connectivity index (χ3n) is 7.78. The van der Waals surface area contributed by atoms with Gasteiger partial charge in [-0.2, -0.15) is 0 Å². The van der Waals surface area contributed by atoms with Crippen molar-refractivity contribution < 1.29 is 43.0 Å². The number of allylic oxidation sites excluding steroid dienone is 10. The summed E-state index contributed by atoms with van der Waals surface area (Å²) in [6.07, 6.45) is 42.2. The van der Waals surface area contributed by atoms with Crippen LogP contribution < -0.4 is 0 Å². The first-order chi connectivity index (χ1) is 24.7. The summed E-state index contributed by atoms with van der Waals surface area (Å²) >= 11 is 0. The Labute approximate surface area is 309 Å². The number of esters is 2. The van der Waals surface area contributed by atoms with Crippen molar-refractivity contribution in [1.82, 2.24) is 0 Å².